The van der Waals surface area contributed by atoms with Gasteiger partial charge in [0.2, 0.25) is 0 Å². The lowest BCUT2D eigenvalue weighted by Gasteiger charge is -2.37. The third kappa shape index (κ3) is 2.95. The molecule has 0 aromatic heterocycles. The fraction of sp³-hybridized carbons (Fsp3) is 0.556. The van der Waals surface area contributed by atoms with E-state index in [0.717, 1.165) is 0 Å². The minimum atomic E-state index is -0.191. The third-order valence-electron chi connectivity index (χ3n) is 1.86. The van der Waals surface area contributed by atoms with E-state index < -0.39 is 0 Å². The summed E-state index contributed by atoms with van der Waals surface area (Å²) in [5.41, 5.74) is 6.03. The first-order valence-electron chi connectivity index (χ1n) is 4.57. The highest BCUT2D eigenvalue weighted by Gasteiger charge is 2.20. The second-order valence-corrected chi connectivity index (χ2v) is 7.76. The molecule has 5 heteroatoms. The van der Waals surface area contributed by atoms with E-state index in [1.807, 2.05) is 12.2 Å². The molecule has 0 bridgehead atoms. The number of allylic oxidation sites excluding steroid dienone is 2. The van der Waals surface area contributed by atoms with Crippen molar-refractivity contribution in [3.05, 3.63) is 24.0 Å². The summed E-state index contributed by atoms with van der Waals surface area (Å²) < 4.78 is 2.26. The van der Waals surface area contributed by atoms with Gasteiger partial charge in [-0.25, -0.2) is 0 Å². The second kappa shape index (κ2) is 5.11. The first-order chi connectivity index (χ1) is 6.52. The number of hydrogen-bond donors (Lipinski definition) is 2. The van der Waals surface area contributed by atoms with Crippen molar-refractivity contribution in [3.63, 3.8) is 0 Å². The van der Waals surface area contributed by atoms with E-state index in [1.54, 1.807) is 0 Å². The number of nitrogens with two attached hydrogens (primary N) is 1. The highest BCUT2D eigenvalue weighted by atomic mass is 31.1. The molecule has 3 N–H and O–H groups in total. The van der Waals surface area contributed by atoms with Crippen LogP contribution in [0.15, 0.2) is 24.0 Å². The van der Waals surface area contributed by atoms with Gasteiger partial charge in [0.05, 0.1) is 0 Å². The normalized spacial score (nSPS) is 21.8. The van der Waals surface area contributed by atoms with Gasteiger partial charge in [0.25, 0.3) is 0 Å². The summed E-state index contributed by atoms with van der Waals surface area (Å²) in [6.45, 7) is 8.84. The Hall–Kier alpha value is -0.100. The Morgan fingerprint density at radius 3 is 2.50 bits per heavy atom. The zero-order valence-corrected chi connectivity index (χ0v) is 11.0. The molecular formula is C9H19N3P2. The summed E-state index contributed by atoms with van der Waals surface area (Å²) in [6, 6.07) is 0. The molecule has 80 valence electrons. The first kappa shape index (κ1) is 12.0. The first-order valence-corrected chi connectivity index (χ1v) is 8.99. The molecule has 0 aliphatic carbocycles. The van der Waals surface area contributed by atoms with E-state index in [4.69, 9.17) is 5.73 Å². The molecule has 0 radical (unpaired) electrons. The number of rotatable bonds is 3. The van der Waals surface area contributed by atoms with E-state index >= 15 is 0 Å². The zero-order valence-electron chi connectivity index (χ0n) is 9.23. The molecule has 0 aromatic carbocycles. The van der Waals surface area contributed by atoms with Crippen molar-refractivity contribution in [2.45, 2.75) is 6.17 Å². The maximum absolute atomic E-state index is 6.03. The van der Waals surface area contributed by atoms with Crippen LogP contribution in [0.5, 0.6) is 0 Å². The smallest absolute Gasteiger partial charge is 0.109 e. The van der Waals surface area contributed by atoms with Gasteiger partial charge in [-0.1, -0.05) is 6.08 Å². The Balaban J connectivity index is 2.78. The number of hydrogen-bond acceptors (Lipinski definition) is 3. The van der Waals surface area contributed by atoms with Crippen LogP contribution in [0.2, 0.25) is 0 Å². The second-order valence-electron chi connectivity index (χ2n) is 3.63. The van der Waals surface area contributed by atoms with Gasteiger partial charge in [-0.05, 0) is 55.0 Å². The largest absolute Gasteiger partial charge is 0.351 e. The van der Waals surface area contributed by atoms with Gasteiger partial charge in [0, 0.05) is 0 Å². The van der Waals surface area contributed by atoms with Gasteiger partial charge < -0.3 is 15.5 Å². The van der Waals surface area contributed by atoms with Gasteiger partial charge in [-0.3, -0.25) is 0 Å². The quantitative estimate of drug-likeness (QED) is 0.729. The Labute approximate surface area is 89.0 Å². The molecule has 1 rings (SSSR count). The summed E-state index contributed by atoms with van der Waals surface area (Å²) in [4.78, 5) is 0. The van der Waals surface area contributed by atoms with E-state index in [2.05, 4.69) is 42.5 Å². The van der Waals surface area contributed by atoms with Gasteiger partial charge in [-0.15, -0.1) is 0 Å². The van der Waals surface area contributed by atoms with Crippen LogP contribution in [0.4, 0.5) is 0 Å². The van der Waals surface area contributed by atoms with Crippen LogP contribution in [-0.2, 0) is 0 Å². The molecule has 0 fully saturated rings. The molecule has 0 saturated heterocycles. The van der Waals surface area contributed by atoms with E-state index in [0.29, 0.717) is 0 Å². The summed E-state index contributed by atoms with van der Waals surface area (Å²) in [7, 11) is -0.324. The van der Waals surface area contributed by atoms with Crippen LogP contribution in [0.25, 0.3) is 0 Å². The number of nitrogens with zero attached hydrogens (tertiary/aromatic N) is 1. The summed E-state index contributed by atoms with van der Waals surface area (Å²) in [5.74, 6) is 1.17. The maximum Gasteiger partial charge on any atom is 0.109 e. The summed E-state index contributed by atoms with van der Waals surface area (Å²) in [6.07, 6.45) is 6.19. The molecule has 0 saturated carbocycles. The number of nitrogens with one attached hydrogen (secondary N) is 1. The average Bonchev–Trinajstić information content (AvgIpc) is 2.01. The topological polar surface area (TPSA) is 41.3 Å². The lowest BCUT2D eigenvalue weighted by atomic mass is 10.3. The molecule has 3 nitrogen and oxygen atoms in total. The highest BCUT2D eigenvalue weighted by molar-refractivity contribution is 7.54. The Bertz CT molecular complexity index is 248. The SMILES string of the molecule is CP(C)NC1=CC=CC(N)N1P(C)C. The lowest BCUT2D eigenvalue weighted by molar-refractivity contribution is 0.463. The van der Waals surface area contributed by atoms with Crippen molar-refractivity contribution < 1.29 is 0 Å². The molecule has 0 spiro atoms. The van der Waals surface area contributed by atoms with Gasteiger partial charge >= 0.3 is 0 Å². The minimum absolute atomic E-state index is 0.0264. The van der Waals surface area contributed by atoms with Crippen molar-refractivity contribution in [1.82, 2.24) is 9.76 Å². The molecular weight excluding hydrogens is 212 g/mol. The molecule has 1 aliphatic heterocycles. The maximum atomic E-state index is 6.03. The fourth-order valence-corrected chi connectivity index (χ4v) is 3.26. The zero-order chi connectivity index (χ0) is 10.7. The van der Waals surface area contributed by atoms with Crippen LogP contribution >= 0.6 is 16.1 Å². The predicted molar refractivity (Wildman–Crippen MR) is 67.7 cm³/mol. The standard InChI is InChI=1S/C9H19N3P2/c1-13(2)11-9-7-5-6-8(10)12(9)14(3)4/h5-8,11H,10H2,1-4H3. The van der Waals surface area contributed by atoms with Gasteiger partial charge in [0.1, 0.15) is 12.0 Å². The molecule has 14 heavy (non-hydrogen) atoms. The monoisotopic (exact) mass is 231 g/mol. The fourth-order valence-electron chi connectivity index (χ4n) is 1.38. The van der Waals surface area contributed by atoms with E-state index in [1.165, 1.54) is 5.82 Å². The van der Waals surface area contributed by atoms with Crippen LogP contribution < -0.4 is 10.8 Å². The lowest BCUT2D eigenvalue weighted by Crippen LogP contribution is -2.40. The van der Waals surface area contributed by atoms with Crippen LogP contribution in [0.1, 0.15) is 0 Å². The highest BCUT2D eigenvalue weighted by Crippen LogP contribution is 2.39. The third-order valence-corrected chi connectivity index (χ3v) is 3.88. The minimum Gasteiger partial charge on any atom is -0.351 e. The van der Waals surface area contributed by atoms with Crippen LogP contribution in [0, 0.1) is 0 Å². The molecule has 0 aromatic rings. The van der Waals surface area contributed by atoms with Crippen molar-refractivity contribution in [3.8, 4) is 0 Å². The van der Waals surface area contributed by atoms with Crippen molar-refractivity contribution in [2.75, 3.05) is 26.7 Å². The van der Waals surface area contributed by atoms with Gasteiger partial charge in [0.15, 0.2) is 0 Å². The molecule has 1 heterocycles. The van der Waals surface area contributed by atoms with Crippen molar-refractivity contribution >= 4 is 16.1 Å². The average molecular weight is 231 g/mol. The molecule has 1 unspecified atom stereocenters. The Kier molecular flexibility index (Phi) is 4.37. The van der Waals surface area contributed by atoms with E-state index in [-0.39, 0.29) is 22.3 Å². The molecule has 1 aliphatic rings. The predicted octanol–water partition coefficient (Wildman–Crippen LogP) is 1.89. The van der Waals surface area contributed by atoms with Gasteiger partial charge in [-0.2, -0.15) is 0 Å². The van der Waals surface area contributed by atoms with Crippen LogP contribution in [0.3, 0.4) is 0 Å². The Morgan fingerprint density at radius 1 is 1.36 bits per heavy atom. The molecule has 1 atom stereocenters. The van der Waals surface area contributed by atoms with Crippen molar-refractivity contribution in [2.24, 2.45) is 5.73 Å². The summed E-state index contributed by atoms with van der Waals surface area (Å²) in [5, 5.41) is 3.48. The molecule has 0 amide bonds. The van der Waals surface area contributed by atoms with Crippen LogP contribution in [-0.4, -0.2) is 37.5 Å². The summed E-state index contributed by atoms with van der Waals surface area (Å²) >= 11 is 0. The van der Waals surface area contributed by atoms with E-state index in [9.17, 15) is 0 Å². The van der Waals surface area contributed by atoms with Crippen molar-refractivity contribution in [1.29, 1.82) is 0 Å². The Morgan fingerprint density at radius 2 is 2.00 bits per heavy atom.